The van der Waals surface area contributed by atoms with E-state index in [9.17, 15) is 4.79 Å². The number of methoxy groups -OCH3 is 1. The Hall–Kier alpha value is -2.17. The summed E-state index contributed by atoms with van der Waals surface area (Å²) in [6, 6.07) is 1.74. The van der Waals surface area contributed by atoms with Crippen molar-refractivity contribution in [2.45, 2.75) is 6.92 Å². The highest BCUT2D eigenvalue weighted by Gasteiger charge is 2.13. The molecule has 0 aliphatic heterocycles. The van der Waals surface area contributed by atoms with Gasteiger partial charge in [-0.25, -0.2) is 14.8 Å². The van der Waals surface area contributed by atoms with Crippen LogP contribution in [-0.2, 0) is 4.74 Å². The van der Waals surface area contributed by atoms with Gasteiger partial charge in [0.15, 0.2) is 0 Å². The molecule has 16 heavy (non-hydrogen) atoms. The average molecular weight is 217 g/mol. The fourth-order valence-corrected chi connectivity index (χ4v) is 1.42. The third-order valence-electron chi connectivity index (χ3n) is 2.21. The Kier molecular flexibility index (Phi) is 2.68. The maximum atomic E-state index is 11.4. The Morgan fingerprint density at radius 1 is 1.31 bits per heavy atom. The van der Waals surface area contributed by atoms with Gasteiger partial charge in [-0.1, -0.05) is 0 Å². The van der Waals surface area contributed by atoms with E-state index >= 15 is 0 Å². The lowest BCUT2D eigenvalue weighted by Gasteiger charge is -1.98. The fourth-order valence-electron chi connectivity index (χ4n) is 1.42. The average Bonchev–Trinajstić information content (AvgIpc) is 2.71. The number of ether oxygens (including phenoxy) is 1. The molecule has 0 aliphatic carbocycles. The van der Waals surface area contributed by atoms with E-state index in [1.165, 1.54) is 7.11 Å². The summed E-state index contributed by atoms with van der Waals surface area (Å²) in [6.45, 7) is 1.84. The van der Waals surface area contributed by atoms with Gasteiger partial charge >= 0.3 is 5.97 Å². The Labute approximate surface area is 92.7 Å². The van der Waals surface area contributed by atoms with E-state index in [0.29, 0.717) is 11.5 Å². The van der Waals surface area contributed by atoms with Gasteiger partial charge in [0.05, 0.1) is 12.7 Å². The number of esters is 1. The molecule has 0 bridgehead atoms. The minimum atomic E-state index is -0.354. The van der Waals surface area contributed by atoms with Crippen LogP contribution >= 0.6 is 0 Å². The van der Waals surface area contributed by atoms with Gasteiger partial charge in [0.25, 0.3) is 0 Å². The summed E-state index contributed by atoms with van der Waals surface area (Å²) in [5.74, 6) is 0.174. The zero-order valence-corrected chi connectivity index (χ0v) is 9.04. The summed E-state index contributed by atoms with van der Waals surface area (Å²) in [6.07, 6.45) is 6.75. The van der Waals surface area contributed by atoms with Crippen LogP contribution in [0.15, 0.2) is 30.9 Å². The molecule has 0 unspecified atom stereocenters. The normalized spacial score (nSPS) is 10.1. The lowest BCUT2D eigenvalue weighted by atomic mass is 10.2. The van der Waals surface area contributed by atoms with Crippen LogP contribution in [0.1, 0.15) is 15.9 Å². The molecule has 5 heteroatoms. The molecule has 0 radical (unpaired) electrons. The first kappa shape index (κ1) is 10.4. The van der Waals surface area contributed by atoms with Crippen LogP contribution in [0, 0.1) is 6.92 Å². The molecule has 0 spiro atoms. The Balaban J connectivity index is 2.42. The van der Waals surface area contributed by atoms with E-state index in [1.54, 1.807) is 35.4 Å². The fraction of sp³-hybridized carbons (Fsp3) is 0.182. The summed E-state index contributed by atoms with van der Waals surface area (Å²) in [5.41, 5.74) is 1.36. The Morgan fingerprint density at radius 2 is 2.00 bits per heavy atom. The van der Waals surface area contributed by atoms with Gasteiger partial charge in [-0.3, -0.25) is 4.57 Å². The number of hydrogen-bond acceptors (Lipinski definition) is 4. The third-order valence-corrected chi connectivity index (χ3v) is 2.21. The highest BCUT2D eigenvalue weighted by Crippen LogP contribution is 2.13. The quantitative estimate of drug-likeness (QED) is 0.713. The molecular formula is C11H11N3O2. The third kappa shape index (κ3) is 1.79. The van der Waals surface area contributed by atoms with Gasteiger partial charge in [-0.15, -0.1) is 0 Å². The number of aryl methyl sites for hydroxylation is 1. The van der Waals surface area contributed by atoms with E-state index in [0.717, 1.165) is 5.56 Å². The molecule has 0 amide bonds. The summed E-state index contributed by atoms with van der Waals surface area (Å²) < 4.78 is 6.37. The molecule has 2 heterocycles. The van der Waals surface area contributed by atoms with Crippen molar-refractivity contribution >= 4 is 5.97 Å². The van der Waals surface area contributed by atoms with Gasteiger partial charge < -0.3 is 4.74 Å². The van der Waals surface area contributed by atoms with Crippen molar-refractivity contribution < 1.29 is 9.53 Å². The number of hydrogen-bond donors (Lipinski definition) is 0. The van der Waals surface area contributed by atoms with Crippen LogP contribution in [0.2, 0.25) is 0 Å². The van der Waals surface area contributed by atoms with Crippen LogP contribution in [0.4, 0.5) is 0 Å². The van der Waals surface area contributed by atoms with E-state index in [-0.39, 0.29) is 5.97 Å². The van der Waals surface area contributed by atoms with E-state index in [1.807, 2.05) is 6.92 Å². The Morgan fingerprint density at radius 3 is 2.62 bits per heavy atom. The van der Waals surface area contributed by atoms with E-state index in [4.69, 9.17) is 0 Å². The zero-order chi connectivity index (χ0) is 11.5. The number of rotatable bonds is 2. The van der Waals surface area contributed by atoms with Crippen molar-refractivity contribution in [1.29, 1.82) is 0 Å². The molecule has 0 saturated carbocycles. The van der Waals surface area contributed by atoms with Crippen LogP contribution in [0.5, 0.6) is 0 Å². The highest BCUT2D eigenvalue weighted by molar-refractivity contribution is 5.90. The van der Waals surface area contributed by atoms with Crippen molar-refractivity contribution in [3.63, 3.8) is 0 Å². The second-order valence-corrected chi connectivity index (χ2v) is 3.30. The maximum absolute atomic E-state index is 11.4. The molecule has 0 saturated heterocycles. The van der Waals surface area contributed by atoms with E-state index in [2.05, 4.69) is 14.7 Å². The predicted molar refractivity (Wildman–Crippen MR) is 57.4 cm³/mol. The molecule has 0 aromatic carbocycles. The summed E-state index contributed by atoms with van der Waals surface area (Å²) in [5, 5.41) is 0. The van der Waals surface area contributed by atoms with E-state index < -0.39 is 0 Å². The summed E-state index contributed by atoms with van der Waals surface area (Å²) in [7, 11) is 1.36. The topological polar surface area (TPSA) is 57.0 Å². The van der Waals surface area contributed by atoms with Crippen molar-refractivity contribution in [1.82, 2.24) is 14.5 Å². The van der Waals surface area contributed by atoms with Crippen LogP contribution in [-0.4, -0.2) is 27.6 Å². The van der Waals surface area contributed by atoms with Gasteiger partial charge in [-0.2, -0.15) is 0 Å². The van der Waals surface area contributed by atoms with Crippen LogP contribution < -0.4 is 0 Å². The van der Waals surface area contributed by atoms with Crippen molar-refractivity contribution in [2.24, 2.45) is 0 Å². The lowest BCUT2D eigenvalue weighted by molar-refractivity contribution is 0.0600. The SMILES string of the molecule is COC(=O)c1cn(-c2ncccn2)cc1C. The highest BCUT2D eigenvalue weighted by atomic mass is 16.5. The largest absolute Gasteiger partial charge is 0.465 e. The first-order valence-corrected chi connectivity index (χ1v) is 4.76. The zero-order valence-electron chi connectivity index (χ0n) is 9.04. The van der Waals surface area contributed by atoms with Crippen molar-refractivity contribution in [3.05, 3.63) is 42.0 Å². The van der Waals surface area contributed by atoms with Gasteiger partial charge in [0, 0.05) is 24.8 Å². The summed E-state index contributed by atoms with van der Waals surface area (Å²) >= 11 is 0. The molecule has 0 atom stereocenters. The summed E-state index contributed by atoms with van der Waals surface area (Å²) in [4.78, 5) is 19.6. The van der Waals surface area contributed by atoms with Gasteiger partial charge in [-0.05, 0) is 18.6 Å². The maximum Gasteiger partial charge on any atom is 0.339 e. The molecule has 2 rings (SSSR count). The molecule has 0 N–H and O–H groups in total. The molecule has 5 nitrogen and oxygen atoms in total. The van der Waals surface area contributed by atoms with Gasteiger partial charge in [0.2, 0.25) is 5.95 Å². The molecule has 2 aromatic rings. The van der Waals surface area contributed by atoms with Crippen molar-refractivity contribution in [3.8, 4) is 5.95 Å². The predicted octanol–water partition coefficient (Wildman–Crippen LogP) is 1.36. The molecule has 2 aromatic heterocycles. The first-order valence-electron chi connectivity index (χ1n) is 4.76. The van der Waals surface area contributed by atoms with Crippen LogP contribution in [0.25, 0.3) is 5.95 Å². The smallest absolute Gasteiger partial charge is 0.339 e. The second kappa shape index (κ2) is 4.14. The second-order valence-electron chi connectivity index (χ2n) is 3.30. The minimum Gasteiger partial charge on any atom is -0.465 e. The van der Waals surface area contributed by atoms with Gasteiger partial charge in [0.1, 0.15) is 0 Å². The first-order chi connectivity index (χ1) is 7.72. The molecule has 0 fully saturated rings. The minimum absolute atomic E-state index is 0.354. The molecule has 0 aliphatic rings. The number of carbonyl (C=O) groups excluding carboxylic acids is 1. The number of nitrogens with zero attached hydrogens (tertiary/aromatic N) is 3. The number of carbonyl (C=O) groups is 1. The Bertz CT molecular complexity index is 505. The number of aromatic nitrogens is 3. The lowest BCUT2D eigenvalue weighted by Crippen LogP contribution is -2.01. The van der Waals surface area contributed by atoms with Crippen molar-refractivity contribution in [2.75, 3.05) is 7.11 Å². The molecular weight excluding hydrogens is 206 g/mol. The monoisotopic (exact) mass is 217 g/mol. The molecule has 82 valence electrons. The van der Waals surface area contributed by atoms with Crippen LogP contribution in [0.3, 0.4) is 0 Å². The standard InChI is InChI=1S/C11H11N3O2/c1-8-6-14(7-9(8)10(15)16-2)11-12-4-3-5-13-11/h3-7H,1-2H3.